The molecule has 1 amide bonds. The molecule has 1 aliphatic heterocycles. The van der Waals surface area contributed by atoms with Crippen LogP contribution in [-0.2, 0) is 11.3 Å². The van der Waals surface area contributed by atoms with Crippen LogP contribution in [0.1, 0.15) is 30.4 Å². The number of benzene rings is 1. The third-order valence-corrected chi connectivity index (χ3v) is 4.19. The molecular formula is C17H23N3O3. The quantitative estimate of drug-likeness (QED) is 0.847. The average molecular weight is 317 g/mol. The van der Waals surface area contributed by atoms with Crippen LogP contribution in [0.3, 0.4) is 0 Å². The number of nitrogens with one attached hydrogen (secondary N) is 1. The lowest BCUT2D eigenvalue weighted by Gasteiger charge is -2.39. The van der Waals surface area contributed by atoms with Crippen LogP contribution in [-0.4, -0.2) is 48.8 Å². The highest BCUT2D eigenvalue weighted by Gasteiger charge is 2.35. The molecule has 0 aliphatic carbocycles. The van der Waals surface area contributed by atoms with Crippen molar-refractivity contribution < 1.29 is 14.6 Å². The van der Waals surface area contributed by atoms with Gasteiger partial charge >= 0.3 is 0 Å². The second-order valence-corrected chi connectivity index (χ2v) is 6.03. The van der Waals surface area contributed by atoms with E-state index in [1.54, 1.807) is 20.2 Å². The Balaban J connectivity index is 2.05. The summed E-state index contributed by atoms with van der Waals surface area (Å²) in [4.78, 5) is 13.7. The average Bonchev–Trinajstić information content (AvgIpc) is 2.54. The van der Waals surface area contributed by atoms with E-state index >= 15 is 0 Å². The molecule has 1 aromatic carbocycles. The normalized spacial score (nSPS) is 21.5. The molecule has 1 fully saturated rings. The van der Waals surface area contributed by atoms with Gasteiger partial charge in [0.15, 0.2) is 0 Å². The molecule has 0 spiro atoms. The van der Waals surface area contributed by atoms with E-state index in [1.165, 1.54) is 0 Å². The number of likely N-dealkylation sites (tertiary alicyclic amines) is 1. The smallest absolute Gasteiger partial charge is 0.222 e. The summed E-state index contributed by atoms with van der Waals surface area (Å²) < 4.78 is 5.15. The molecule has 0 aromatic heterocycles. The Bertz CT molecular complexity index is 612. The van der Waals surface area contributed by atoms with Crippen molar-refractivity contribution in [3.63, 3.8) is 0 Å². The van der Waals surface area contributed by atoms with E-state index in [-0.39, 0.29) is 12.3 Å². The van der Waals surface area contributed by atoms with E-state index in [9.17, 15) is 9.90 Å². The SMILES string of the molecule is CNC(=O)CC1(O)CCCN(Cc2ccc(OC)c(C#N)c2)C1. The lowest BCUT2D eigenvalue weighted by Crippen LogP contribution is -2.49. The minimum atomic E-state index is -0.983. The van der Waals surface area contributed by atoms with Crippen molar-refractivity contribution >= 4 is 5.91 Å². The maximum Gasteiger partial charge on any atom is 0.222 e. The summed E-state index contributed by atoms with van der Waals surface area (Å²) in [6.07, 6.45) is 1.59. The Hall–Kier alpha value is -2.10. The Kier molecular flexibility index (Phi) is 5.59. The van der Waals surface area contributed by atoms with Gasteiger partial charge in [0.2, 0.25) is 5.91 Å². The summed E-state index contributed by atoms with van der Waals surface area (Å²) in [5.74, 6) is 0.414. The van der Waals surface area contributed by atoms with Crippen LogP contribution in [0.4, 0.5) is 0 Å². The molecule has 1 heterocycles. The highest BCUT2D eigenvalue weighted by molar-refractivity contribution is 5.76. The van der Waals surface area contributed by atoms with Gasteiger partial charge in [-0.2, -0.15) is 5.26 Å². The van der Waals surface area contributed by atoms with Gasteiger partial charge in [0, 0.05) is 20.1 Å². The number of carbonyl (C=O) groups is 1. The van der Waals surface area contributed by atoms with Crippen LogP contribution in [0, 0.1) is 11.3 Å². The van der Waals surface area contributed by atoms with E-state index in [0.717, 1.165) is 18.5 Å². The van der Waals surface area contributed by atoms with Crippen LogP contribution in [0.15, 0.2) is 18.2 Å². The van der Waals surface area contributed by atoms with Crippen LogP contribution < -0.4 is 10.1 Å². The van der Waals surface area contributed by atoms with E-state index in [1.807, 2.05) is 12.1 Å². The summed E-state index contributed by atoms with van der Waals surface area (Å²) in [7, 11) is 3.12. The third kappa shape index (κ3) is 4.44. The number of hydrogen-bond donors (Lipinski definition) is 2. The molecule has 0 radical (unpaired) electrons. The molecule has 6 nitrogen and oxygen atoms in total. The Morgan fingerprint density at radius 1 is 1.57 bits per heavy atom. The maximum absolute atomic E-state index is 11.6. The monoisotopic (exact) mass is 317 g/mol. The summed E-state index contributed by atoms with van der Waals surface area (Å²) in [6.45, 7) is 1.95. The second-order valence-electron chi connectivity index (χ2n) is 6.03. The first kappa shape index (κ1) is 17.3. The van der Waals surface area contributed by atoms with E-state index in [0.29, 0.717) is 30.8 Å². The van der Waals surface area contributed by atoms with Gasteiger partial charge in [-0.1, -0.05) is 6.07 Å². The fraction of sp³-hybridized carbons (Fsp3) is 0.529. The topological polar surface area (TPSA) is 85.6 Å². The number of methoxy groups -OCH3 is 1. The minimum absolute atomic E-state index is 0.117. The van der Waals surface area contributed by atoms with Gasteiger partial charge in [-0.05, 0) is 37.1 Å². The fourth-order valence-corrected chi connectivity index (χ4v) is 3.07. The van der Waals surface area contributed by atoms with Crippen molar-refractivity contribution in [2.75, 3.05) is 27.2 Å². The van der Waals surface area contributed by atoms with Crippen LogP contribution in [0.5, 0.6) is 5.75 Å². The zero-order valence-electron chi connectivity index (χ0n) is 13.6. The lowest BCUT2D eigenvalue weighted by molar-refractivity contribution is -0.128. The number of β-amino-alcohol motifs (C(OH)–C–C–N with tert-alkyl or cyclic N) is 1. The highest BCUT2D eigenvalue weighted by Crippen LogP contribution is 2.26. The van der Waals surface area contributed by atoms with Gasteiger partial charge in [-0.3, -0.25) is 9.69 Å². The van der Waals surface area contributed by atoms with Gasteiger partial charge in [0.25, 0.3) is 0 Å². The number of rotatable bonds is 5. The molecule has 1 atom stereocenters. The summed E-state index contributed by atoms with van der Waals surface area (Å²) >= 11 is 0. The number of piperidine rings is 1. The highest BCUT2D eigenvalue weighted by atomic mass is 16.5. The summed E-state index contributed by atoms with van der Waals surface area (Å²) in [6, 6.07) is 7.65. The minimum Gasteiger partial charge on any atom is -0.495 e. The second kappa shape index (κ2) is 7.44. The molecule has 2 rings (SSSR count). The first-order valence-electron chi connectivity index (χ1n) is 7.72. The molecule has 1 unspecified atom stereocenters. The van der Waals surface area contributed by atoms with E-state index in [2.05, 4.69) is 16.3 Å². The van der Waals surface area contributed by atoms with Gasteiger partial charge in [-0.25, -0.2) is 0 Å². The van der Waals surface area contributed by atoms with Gasteiger partial charge in [-0.15, -0.1) is 0 Å². The van der Waals surface area contributed by atoms with Gasteiger partial charge in [0.1, 0.15) is 11.8 Å². The fourth-order valence-electron chi connectivity index (χ4n) is 3.07. The molecular weight excluding hydrogens is 294 g/mol. The number of ether oxygens (including phenoxy) is 1. The predicted octanol–water partition coefficient (Wildman–Crippen LogP) is 1.03. The Morgan fingerprint density at radius 2 is 2.35 bits per heavy atom. The summed E-state index contributed by atoms with van der Waals surface area (Å²) in [5.41, 5.74) is 0.511. The molecule has 1 aliphatic rings. The van der Waals surface area contributed by atoms with Crippen molar-refractivity contribution in [2.24, 2.45) is 0 Å². The zero-order chi connectivity index (χ0) is 16.9. The number of nitrogens with zero attached hydrogens (tertiary/aromatic N) is 2. The standard InChI is InChI=1S/C17H23N3O3/c1-19-16(21)9-17(22)6-3-7-20(12-17)11-13-4-5-15(23-2)14(8-13)10-18/h4-5,8,22H,3,6-7,9,11-12H2,1-2H3,(H,19,21). The molecule has 0 bridgehead atoms. The number of hydrogen-bond acceptors (Lipinski definition) is 5. The van der Waals surface area contributed by atoms with Gasteiger partial charge in [0.05, 0.1) is 24.7 Å². The number of nitriles is 1. The van der Waals surface area contributed by atoms with E-state index < -0.39 is 5.60 Å². The van der Waals surface area contributed by atoms with Crippen molar-refractivity contribution in [1.29, 1.82) is 5.26 Å². The zero-order valence-corrected chi connectivity index (χ0v) is 13.6. The van der Waals surface area contributed by atoms with Crippen LogP contribution in [0.25, 0.3) is 0 Å². The number of aliphatic hydroxyl groups is 1. The van der Waals surface area contributed by atoms with Crippen molar-refractivity contribution in [3.05, 3.63) is 29.3 Å². The van der Waals surface area contributed by atoms with Crippen molar-refractivity contribution in [3.8, 4) is 11.8 Å². The maximum atomic E-state index is 11.6. The van der Waals surface area contributed by atoms with Crippen molar-refractivity contribution in [2.45, 2.75) is 31.4 Å². The van der Waals surface area contributed by atoms with E-state index in [4.69, 9.17) is 10.00 Å². The first-order valence-corrected chi connectivity index (χ1v) is 7.72. The lowest BCUT2D eigenvalue weighted by atomic mass is 9.89. The number of amides is 1. The molecule has 1 aromatic rings. The molecule has 1 saturated heterocycles. The number of carbonyl (C=O) groups excluding carboxylic acids is 1. The van der Waals surface area contributed by atoms with Crippen LogP contribution >= 0.6 is 0 Å². The molecule has 124 valence electrons. The largest absolute Gasteiger partial charge is 0.495 e. The predicted molar refractivity (Wildman–Crippen MR) is 85.9 cm³/mol. The summed E-state index contributed by atoms with van der Waals surface area (Å²) in [5, 5.41) is 22.4. The van der Waals surface area contributed by atoms with Gasteiger partial charge < -0.3 is 15.2 Å². The Morgan fingerprint density at radius 3 is 3.00 bits per heavy atom. The molecule has 2 N–H and O–H groups in total. The molecule has 0 saturated carbocycles. The Labute approximate surface area is 136 Å². The van der Waals surface area contributed by atoms with Crippen molar-refractivity contribution in [1.82, 2.24) is 10.2 Å². The third-order valence-electron chi connectivity index (χ3n) is 4.19. The first-order chi connectivity index (χ1) is 11.0. The molecule has 6 heteroatoms. The van der Waals surface area contributed by atoms with Crippen LogP contribution in [0.2, 0.25) is 0 Å². The molecule has 23 heavy (non-hydrogen) atoms.